The number of allylic oxidation sites excluding steroid dienone is 1. The van der Waals surface area contributed by atoms with Crippen molar-refractivity contribution in [1.29, 1.82) is 0 Å². The lowest BCUT2D eigenvalue weighted by Crippen LogP contribution is -2.46. The first-order valence-electron chi connectivity index (χ1n) is 8.50. The molecule has 0 saturated heterocycles. The fourth-order valence-electron chi connectivity index (χ4n) is 3.03. The summed E-state index contributed by atoms with van der Waals surface area (Å²) in [6.07, 6.45) is 0. The minimum atomic E-state index is -0.688. The first-order valence-corrected chi connectivity index (χ1v) is 8.88. The summed E-state index contributed by atoms with van der Waals surface area (Å²) in [6.45, 7) is 1.67. The molecule has 0 aromatic heterocycles. The molecule has 0 fully saturated rings. The van der Waals surface area contributed by atoms with Crippen LogP contribution in [-0.2, 0) is 4.79 Å². The number of amides is 3. The molecule has 0 unspecified atom stereocenters. The monoisotopic (exact) mass is 401 g/mol. The molecule has 1 atom stereocenters. The van der Waals surface area contributed by atoms with Crippen LogP contribution in [0.2, 0.25) is 5.02 Å². The molecule has 3 amide bonds. The molecule has 0 aliphatic carbocycles. The largest absolute Gasteiger partial charge is 0.497 e. The molecular weight excluding hydrogens is 382 g/mol. The van der Waals surface area contributed by atoms with Crippen LogP contribution in [0.25, 0.3) is 0 Å². The van der Waals surface area contributed by atoms with E-state index in [0.29, 0.717) is 39.0 Å². The van der Waals surface area contributed by atoms with E-state index in [0.717, 1.165) is 0 Å². The summed E-state index contributed by atoms with van der Waals surface area (Å²) in [5.41, 5.74) is 1.90. The summed E-state index contributed by atoms with van der Waals surface area (Å²) < 4.78 is 10.5. The number of ether oxygens (including phenoxy) is 2. The highest BCUT2D eigenvalue weighted by atomic mass is 35.5. The van der Waals surface area contributed by atoms with Gasteiger partial charge in [0, 0.05) is 16.8 Å². The standard InChI is InChI=1S/C20H20ClN3O4/c1-11-17(18(24-20(26)22-11)13-6-4-5-7-14(13)21)19(25)23-15-9-8-12(27-2)10-16(15)28-3/h4-10,18H,1-3H3,(H,23,25)(H2,22,24,26)/t18-/m1/s1. The van der Waals surface area contributed by atoms with Crippen molar-refractivity contribution in [2.75, 3.05) is 19.5 Å². The maximum absolute atomic E-state index is 13.1. The lowest BCUT2D eigenvalue weighted by atomic mass is 9.94. The summed E-state index contributed by atoms with van der Waals surface area (Å²) in [5.74, 6) is 0.664. The molecule has 3 rings (SSSR count). The molecule has 0 bridgehead atoms. The number of carbonyl (C=O) groups is 2. The van der Waals surface area contributed by atoms with Gasteiger partial charge in [0.05, 0.1) is 31.5 Å². The van der Waals surface area contributed by atoms with Crippen LogP contribution in [-0.4, -0.2) is 26.2 Å². The predicted octanol–water partition coefficient (Wildman–Crippen LogP) is 3.62. The van der Waals surface area contributed by atoms with Gasteiger partial charge in [0.1, 0.15) is 11.5 Å². The fraction of sp³-hybridized carbons (Fsp3) is 0.200. The van der Waals surface area contributed by atoms with E-state index in [1.54, 1.807) is 56.5 Å². The van der Waals surface area contributed by atoms with Gasteiger partial charge in [-0.3, -0.25) is 4.79 Å². The lowest BCUT2D eigenvalue weighted by Gasteiger charge is -2.29. The van der Waals surface area contributed by atoms with Crippen molar-refractivity contribution in [2.45, 2.75) is 13.0 Å². The maximum Gasteiger partial charge on any atom is 0.319 e. The molecule has 3 N–H and O–H groups in total. The quantitative estimate of drug-likeness (QED) is 0.713. The van der Waals surface area contributed by atoms with Crippen LogP contribution < -0.4 is 25.4 Å². The zero-order valence-electron chi connectivity index (χ0n) is 15.6. The van der Waals surface area contributed by atoms with Gasteiger partial charge in [-0.25, -0.2) is 4.79 Å². The van der Waals surface area contributed by atoms with Crippen molar-refractivity contribution in [3.63, 3.8) is 0 Å². The number of halogens is 1. The fourth-order valence-corrected chi connectivity index (χ4v) is 3.27. The van der Waals surface area contributed by atoms with E-state index in [2.05, 4.69) is 16.0 Å². The average Bonchev–Trinajstić information content (AvgIpc) is 2.67. The summed E-state index contributed by atoms with van der Waals surface area (Å²) in [4.78, 5) is 25.1. The number of nitrogens with one attached hydrogen (secondary N) is 3. The molecule has 1 aliphatic heterocycles. The second-order valence-corrected chi connectivity index (χ2v) is 6.52. The van der Waals surface area contributed by atoms with Gasteiger partial charge >= 0.3 is 6.03 Å². The van der Waals surface area contributed by atoms with Gasteiger partial charge in [-0.2, -0.15) is 0 Å². The molecule has 2 aromatic rings. The van der Waals surface area contributed by atoms with Crippen LogP contribution in [0.4, 0.5) is 10.5 Å². The van der Waals surface area contributed by atoms with Gasteiger partial charge in [0.2, 0.25) is 0 Å². The van der Waals surface area contributed by atoms with Gasteiger partial charge < -0.3 is 25.4 Å². The number of urea groups is 1. The molecule has 28 heavy (non-hydrogen) atoms. The zero-order valence-corrected chi connectivity index (χ0v) is 16.4. The van der Waals surface area contributed by atoms with E-state index in [4.69, 9.17) is 21.1 Å². The summed E-state index contributed by atoms with van der Waals surface area (Å²) >= 11 is 6.30. The van der Waals surface area contributed by atoms with E-state index in [-0.39, 0.29) is 0 Å². The minimum absolute atomic E-state index is 0.352. The Hall–Kier alpha value is -3.19. The Morgan fingerprint density at radius 1 is 1.14 bits per heavy atom. The number of benzene rings is 2. The Labute approximate surface area is 167 Å². The van der Waals surface area contributed by atoms with Crippen molar-refractivity contribution < 1.29 is 19.1 Å². The van der Waals surface area contributed by atoms with Crippen LogP contribution in [0.5, 0.6) is 11.5 Å². The molecule has 1 heterocycles. The normalized spacial score (nSPS) is 16.1. The average molecular weight is 402 g/mol. The van der Waals surface area contributed by atoms with Crippen LogP contribution in [0.1, 0.15) is 18.5 Å². The van der Waals surface area contributed by atoms with Crippen molar-refractivity contribution >= 4 is 29.2 Å². The van der Waals surface area contributed by atoms with Gasteiger partial charge in [0.25, 0.3) is 5.91 Å². The molecule has 1 aliphatic rings. The van der Waals surface area contributed by atoms with Gasteiger partial charge in [0.15, 0.2) is 0 Å². The minimum Gasteiger partial charge on any atom is -0.497 e. The molecule has 7 nitrogen and oxygen atoms in total. The van der Waals surface area contributed by atoms with Crippen molar-refractivity contribution in [3.05, 3.63) is 64.3 Å². The lowest BCUT2D eigenvalue weighted by molar-refractivity contribution is -0.113. The highest BCUT2D eigenvalue weighted by Crippen LogP contribution is 2.34. The van der Waals surface area contributed by atoms with Crippen molar-refractivity contribution in [2.24, 2.45) is 0 Å². The molecule has 8 heteroatoms. The van der Waals surface area contributed by atoms with E-state index in [1.165, 1.54) is 7.11 Å². The number of hydrogen-bond acceptors (Lipinski definition) is 4. The van der Waals surface area contributed by atoms with Crippen LogP contribution in [0.3, 0.4) is 0 Å². The summed E-state index contributed by atoms with van der Waals surface area (Å²) in [7, 11) is 3.05. The molecule has 0 spiro atoms. The van der Waals surface area contributed by atoms with Crippen LogP contribution in [0.15, 0.2) is 53.7 Å². The highest BCUT2D eigenvalue weighted by molar-refractivity contribution is 6.31. The molecule has 0 radical (unpaired) electrons. The van der Waals surface area contributed by atoms with E-state index in [9.17, 15) is 9.59 Å². The van der Waals surface area contributed by atoms with Crippen molar-refractivity contribution in [1.82, 2.24) is 10.6 Å². The topological polar surface area (TPSA) is 88.7 Å². The second-order valence-electron chi connectivity index (χ2n) is 6.11. The molecule has 146 valence electrons. The number of rotatable bonds is 5. The smallest absolute Gasteiger partial charge is 0.319 e. The Kier molecular flexibility index (Phi) is 5.75. The Balaban J connectivity index is 1.97. The number of carbonyl (C=O) groups excluding carboxylic acids is 2. The van der Waals surface area contributed by atoms with E-state index in [1.807, 2.05) is 0 Å². The Bertz CT molecular complexity index is 958. The summed E-state index contributed by atoms with van der Waals surface area (Å²) in [5, 5.41) is 8.69. The van der Waals surface area contributed by atoms with E-state index >= 15 is 0 Å². The second kappa shape index (κ2) is 8.22. The first kappa shape index (κ1) is 19.6. The number of anilines is 1. The Morgan fingerprint density at radius 2 is 1.89 bits per heavy atom. The Morgan fingerprint density at radius 3 is 2.57 bits per heavy atom. The predicted molar refractivity (Wildman–Crippen MR) is 107 cm³/mol. The molecule has 2 aromatic carbocycles. The van der Waals surface area contributed by atoms with Crippen LogP contribution in [0, 0.1) is 0 Å². The maximum atomic E-state index is 13.1. The first-order chi connectivity index (χ1) is 13.4. The molecule has 0 saturated carbocycles. The van der Waals surface area contributed by atoms with Crippen LogP contribution >= 0.6 is 11.6 Å². The third-order valence-electron chi connectivity index (χ3n) is 4.39. The number of hydrogen-bond donors (Lipinski definition) is 3. The highest BCUT2D eigenvalue weighted by Gasteiger charge is 2.32. The third-order valence-corrected chi connectivity index (χ3v) is 4.73. The zero-order chi connectivity index (χ0) is 20.3. The van der Waals surface area contributed by atoms with Gasteiger partial charge in [-0.1, -0.05) is 29.8 Å². The summed E-state index contributed by atoms with van der Waals surface area (Å²) in [6, 6.07) is 11.0. The third kappa shape index (κ3) is 3.89. The number of methoxy groups -OCH3 is 2. The van der Waals surface area contributed by atoms with E-state index < -0.39 is 18.0 Å². The van der Waals surface area contributed by atoms with Gasteiger partial charge in [-0.15, -0.1) is 0 Å². The molecular formula is C20H20ClN3O4. The van der Waals surface area contributed by atoms with Crippen molar-refractivity contribution in [3.8, 4) is 11.5 Å². The SMILES string of the molecule is COc1ccc(NC(=O)C2=C(C)NC(=O)N[C@@H]2c2ccccc2Cl)c(OC)c1. The van der Waals surface area contributed by atoms with Gasteiger partial charge in [-0.05, 0) is 30.7 Å².